The van der Waals surface area contributed by atoms with E-state index in [2.05, 4.69) is 17.0 Å². The summed E-state index contributed by atoms with van der Waals surface area (Å²) in [4.78, 5) is 27.7. The molecular weight excluding hydrogens is 268 g/mol. The van der Waals surface area contributed by atoms with Gasteiger partial charge in [-0.3, -0.25) is 14.5 Å². The van der Waals surface area contributed by atoms with Gasteiger partial charge in [-0.1, -0.05) is 18.2 Å². The van der Waals surface area contributed by atoms with Crippen molar-refractivity contribution in [1.82, 2.24) is 4.90 Å². The van der Waals surface area contributed by atoms with E-state index in [1.807, 2.05) is 23.1 Å². The fourth-order valence-electron chi connectivity index (χ4n) is 2.93. The molecule has 3 rings (SSSR count). The van der Waals surface area contributed by atoms with E-state index in [0.29, 0.717) is 13.1 Å². The number of para-hydroxylation sites is 1. The predicted octanol–water partition coefficient (Wildman–Crippen LogP) is 1.24. The summed E-state index contributed by atoms with van der Waals surface area (Å²) in [5.41, 5.74) is 1.15. The van der Waals surface area contributed by atoms with Gasteiger partial charge in [-0.2, -0.15) is 0 Å². The zero-order valence-electron chi connectivity index (χ0n) is 11.9. The second-order valence-electron chi connectivity index (χ2n) is 5.78. The second kappa shape index (κ2) is 5.85. The fourth-order valence-corrected chi connectivity index (χ4v) is 2.93. The van der Waals surface area contributed by atoms with Crippen LogP contribution in [0.4, 0.5) is 5.69 Å². The average Bonchev–Trinajstić information content (AvgIpc) is 3.33. The molecule has 1 heterocycles. The van der Waals surface area contributed by atoms with E-state index < -0.39 is 12.0 Å². The van der Waals surface area contributed by atoms with Crippen LogP contribution in [0.3, 0.4) is 0 Å². The Morgan fingerprint density at radius 2 is 1.67 bits per heavy atom. The third kappa shape index (κ3) is 3.08. The zero-order valence-corrected chi connectivity index (χ0v) is 11.9. The zero-order chi connectivity index (χ0) is 14.8. The molecule has 21 heavy (non-hydrogen) atoms. The Balaban J connectivity index is 1.63. The molecule has 1 saturated heterocycles. The molecule has 1 aromatic carbocycles. The van der Waals surface area contributed by atoms with E-state index in [4.69, 9.17) is 0 Å². The number of hydrogen-bond acceptors (Lipinski definition) is 4. The number of aliphatic carboxylic acids is 1. The Morgan fingerprint density at radius 3 is 2.19 bits per heavy atom. The lowest BCUT2D eigenvalue weighted by Crippen LogP contribution is -2.55. The maximum atomic E-state index is 12.2. The highest BCUT2D eigenvalue weighted by molar-refractivity contribution is 6.04. The van der Waals surface area contributed by atoms with Crippen LogP contribution >= 0.6 is 0 Å². The number of benzene rings is 1. The molecule has 1 unspecified atom stereocenters. The smallest absolute Gasteiger partial charge is 0.328 e. The number of carbonyl (C=O) groups excluding carboxylic acids is 1. The number of hydrogen-bond donors (Lipinski definition) is 1. The molecule has 0 spiro atoms. The number of nitrogens with zero attached hydrogens (tertiary/aromatic N) is 2. The van der Waals surface area contributed by atoms with Crippen molar-refractivity contribution >= 4 is 17.4 Å². The van der Waals surface area contributed by atoms with Crippen molar-refractivity contribution in [3.63, 3.8) is 0 Å². The van der Waals surface area contributed by atoms with Crippen LogP contribution in [0, 0.1) is 5.92 Å². The van der Waals surface area contributed by atoms with E-state index in [9.17, 15) is 14.7 Å². The normalized spacial score (nSPS) is 21.0. The Hall–Kier alpha value is -1.88. The maximum Gasteiger partial charge on any atom is 0.328 e. The summed E-state index contributed by atoms with van der Waals surface area (Å²) in [6.07, 6.45) is 1.71. The lowest BCUT2D eigenvalue weighted by molar-refractivity contribution is -0.148. The minimum absolute atomic E-state index is 0.0155. The monoisotopic (exact) mass is 288 g/mol. The number of rotatable bonds is 5. The standard InChI is InChI=1S/C16H20N2O3/c19-15(12-6-7-12)14(16(20)21)18-10-8-17(9-11-18)13-4-2-1-3-5-13/h1-5,12,14H,6-11H2,(H,20,21). The largest absolute Gasteiger partial charge is 0.480 e. The first-order valence-electron chi connectivity index (χ1n) is 7.47. The van der Waals surface area contributed by atoms with Gasteiger partial charge in [0.25, 0.3) is 0 Å². The quantitative estimate of drug-likeness (QED) is 0.826. The fraction of sp³-hybridized carbons (Fsp3) is 0.500. The van der Waals surface area contributed by atoms with Gasteiger partial charge >= 0.3 is 5.97 Å². The van der Waals surface area contributed by atoms with Gasteiger partial charge < -0.3 is 10.0 Å². The minimum Gasteiger partial charge on any atom is -0.480 e. The molecule has 1 aromatic rings. The predicted molar refractivity (Wildman–Crippen MR) is 79.4 cm³/mol. The Morgan fingerprint density at radius 1 is 1.05 bits per heavy atom. The number of ketones is 1. The molecule has 1 N–H and O–H groups in total. The minimum atomic E-state index is -1.000. The third-order valence-electron chi connectivity index (χ3n) is 4.28. The van der Waals surface area contributed by atoms with Crippen LogP contribution in [-0.2, 0) is 9.59 Å². The highest BCUT2D eigenvalue weighted by Crippen LogP contribution is 2.32. The molecule has 1 atom stereocenters. The first kappa shape index (κ1) is 14.1. The molecule has 0 amide bonds. The number of carbonyl (C=O) groups is 2. The van der Waals surface area contributed by atoms with Crippen molar-refractivity contribution in [3.8, 4) is 0 Å². The van der Waals surface area contributed by atoms with Crippen molar-refractivity contribution in [2.45, 2.75) is 18.9 Å². The highest BCUT2D eigenvalue weighted by Gasteiger charge is 2.42. The number of Topliss-reactive ketones (excluding diaryl/α,β-unsaturated/α-hetero) is 1. The Bertz CT molecular complexity index is 520. The van der Waals surface area contributed by atoms with Crippen molar-refractivity contribution in [2.75, 3.05) is 31.1 Å². The summed E-state index contributed by atoms with van der Waals surface area (Å²) in [5, 5.41) is 9.38. The maximum absolute atomic E-state index is 12.2. The Labute approximate surface area is 124 Å². The summed E-state index contributed by atoms with van der Waals surface area (Å²) < 4.78 is 0. The second-order valence-corrected chi connectivity index (χ2v) is 5.78. The molecule has 1 aliphatic carbocycles. The van der Waals surface area contributed by atoms with Crippen molar-refractivity contribution in [3.05, 3.63) is 30.3 Å². The SMILES string of the molecule is O=C(O)C(C(=O)C1CC1)N1CCN(c2ccccc2)CC1. The van der Waals surface area contributed by atoms with Gasteiger partial charge in [0.2, 0.25) is 0 Å². The summed E-state index contributed by atoms with van der Waals surface area (Å²) in [6.45, 7) is 2.74. The first-order chi connectivity index (χ1) is 10.2. The van der Waals surface area contributed by atoms with E-state index >= 15 is 0 Å². The topological polar surface area (TPSA) is 60.9 Å². The number of carboxylic acids is 1. The van der Waals surface area contributed by atoms with Gasteiger partial charge in [-0.25, -0.2) is 0 Å². The van der Waals surface area contributed by atoms with Gasteiger partial charge in [-0.05, 0) is 25.0 Å². The molecule has 1 saturated carbocycles. The molecule has 2 aliphatic rings. The van der Waals surface area contributed by atoms with Crippen molar-refractivity contribution in [2.24, 2.45) is 5.92 Å². The molecule has 2 fully saturated rings. The molecule has 0 bridgehead atoms. The van der Waals surface area contributed by atoms with Crippen LogP contribution in [0.25, 0.3) is 0 Å². The summed E-state index contributed by atoms with van der Waals surface area (Å²) >= 11 is 0. The molecule has 5 nitrogen and oxygen atoms in total. The van der Waals surface area contributed by atoms with E-state index in [1.54, 1.807) is 0 Å². The van der Waals surface area contributed by atoms with E-state index in [0.717, 1.165) is 31.6 Å². The molecule has 0 radical (unpaired) electrons. The summed E-state index contributed by atoms with van der Waals surface area (Å²) in [7, 11) is 0. The Kier molecular flexibility index (Phi) is 3.92. The number of anilines is 1. The van der Waals surface area contributed by atoms with Crippen molar-refractivity contribution in [1.29, 1.82) is 0 Å². The van der Waals surface area contributed by atoms with E-state index in [1.165, 1.54) is 0 Å². The molecular formula is C16H20N2O3. The van der Waals surface area contributed by atoms with Gasteiger partial charge in [0.15, 0.2) is 11.8 Å². The van der Waals surface area contributed by atoms with Crippen LogP contribution in [0.1, 0.15) is 12.8 Å². The third-order valence-corrected chi connectivity index (χ3v) is 4.28. The van der Waals surface area contributed by atoms with Crippen molar-refractivity contribution < 1.29 is 14.7 Å². The molecule has 5 heteroatoms. The van der Waals surface area contributed by atoms with Crippen LogP contribution in [0.5, 0.6) is 0 Å². The molecule has 112 valence electrons. The van der Waals surface area contributed by atoms with Gasteiger partial charge in [0, 0.05) is 37.8 Å². The lowest BCUT2D eigenvalue weighted by Gasteiger charge is -2.38. The van der Waals surface area contributed by atoms with Crippen LogP contribution in [-0.4, -0.2) is 54.0 Å². The summed E-state index contributed by atoms with van der Waals surface area (Å²) in [6, 6.07) is 9.14. The first-order valence-corrected chi connectivity index (χ1v) is 7.47. The number of carboxylic acid groups (broad SMARTS) is 1. The number of piperazine rings is 1. The van der Waals surface area contributed by atoms with Gasteiger partial charge in [0.1, 0.15) is 0 Å². The van der Waals surface area contributed by atoms with Gasteiger partial charge in [-0.15, -0.1) is 0 Å². The van der Waals surface area contributed by atoms with E-state index in [-0.39, 0.29) is 11.7 Å². The lowest BCUT2D eigenvalue weighted by atomic mass is 10.1. The van der Waals surface area contributed by atoms with Crippen LogP contribution in [0.2, 0.25) is 0 Å². The average molecular weight is 288 g/mol. The molecule has 0 aromatic heterocycles. The van der Waals surface area contributed by atoms with Crippen LogP contribution < -0.4 is 4.90 Å². The highest BCUT2D eigenvalue weighted by atomic mass is 16.4. The van der Waals surface area contributed by atoms with Crippen LogP contribution in [0.15, 0.2) is 30.3 Å². The van der Waals surface area contributed by atoms with Gasteiger partial charge in [0.05, 0.1) is 0 Å². The molecule has 1 aliphatic heterocycles. The summed E-state index contributed by atoms with van der Waals surface area (Å²) in [5.74, 6) is -1.12.